The third-order valence-electron chi connectivity index (χ3n) is 11.2. The zero-order valence-corrected chi connectivity index (χ0v) is 22.1. The van der Waals surface area contributed by atoms with Crippen LogP contribution in [0.25, 0.3) is 0 Å². The van der Waals surface area contributed by atoms with Crippen LogP contribution in [0.1, 0.15) is 98.3 Å². The van der Waals surface area contributed by atoms with Gasteiger partial charge in [-0.05, 0) is 106 Å². The molecule has 4 aliphatic carbocycles. The quantitative estimate of drug-likeness (QED) is 0.356. The van der Waals surface area contributed by atoms with E-state index in [9.17, 15) is 9.59 Å². The van der Waals surface area contributed by atoms with Gasteiger partial charge in [0.25, 0.3) is 0 Å². The molecule has 0 radical (unpaired) electrons. The van der Waals surface area contributed by atoms with Crippen molar-refractivity contribution >= 4 is 11.8 Å². The van der Waals surface area contributed by atoms with Crippen LogP contribution < -0.4 is 0 Å². The van der Waals surface area contributed by atoms with Gasteiger partial charge in [0.1, 0.15) is 11.9 Å². The van der Waals surface area contributed by atoms with Gasteiger partial charge in [-0.2, -0.15) is 0 Å². The van der Waals surface area contributed by atoms with Gasteiger partial charge in [0, 0.05) is 18.9 Å². The van der Waals surface area contributed by atoms with Gasteiger partial charge in [-0.15, -0.1) is 0 Å². The Bertz CT molecular complexity index is 829. The third kappa shape index (κ3) is 4.20. The van der Waals surface area contributed by atoms with E-state index in [1.165, 1.54) is 38.5 Å². The van der Waals surface area contributed by atoms with Crippen molar-refractivity contribution in [1.82, 2.24) is 4.90 Å². The first-order valence-corrected chi connectivity index (χ1v) is 14.3. The van der Waals surface area contributed by atoms with E-state index in [0.29, 0.717) is 30.0 Å². The molecule has 0 aromatic carbocycles. The molecule has 0 unspecified atom stereocenters. The summed E-state index contributed by atoms with van der Waals surface area (Å²) in [5, 5.41) is 0. The van der Waals surface area contributed by atoms with E-state index in [-0.39, 0.29) is 28.8 Å². The van der Waals surface area contributed by atoms with Gasteiger partial charge in [-0.3, -0.25) is 9.59 Å². The van der Waals surface area contributed by atoms with E-state index in [4.69, 9.17) is 4.74 Å². The standard InChI is InChI=1S/C30H47NO3/c1-20-18-26-24-9-8-22-19-23(34-27(33)12-17-31-15-6-5-7-16-31)10-13-29(22,3)25(24)11-14-30(26,4)28(20)21(2)32/h8,20,23-26,28H,5-7,9-19H2,1-4H3/t20-,23-,24-,25+,26+,28-,29+,30+/m1/s1. The number of nitrogens with zero attached hydrogens (tertiary/aromatic N) is 1. The summed E-state index contributed by atoms with van der Waals surface area (Å²) in [6, 6.07) is 0. The number of rotatable bonds is 5. The van der Waals surface area contributed by atoms with Crippen LogP contribution in [0.4, 0.5) is 0 Å². The van der Waals surface area contributed by atoms with E-state index in [1.54, 1.807) is 5.57 Å². The van der Waals surface area contributed by atoms with Crippen molar-refractivity contribution in [2.75, 3.05) is 19.6 Å². The lowest BCUT2D eigenvalue weighted by molar-refractivity contribution is -0.152. The molecule has 5 aliphatic rings. The summed E-state index contributed by atoms with van der Waals surface area (Å²) in [6.07, 6.45) is 14.9. The van der Waals surface area contributed by atoms with Crippen LogP contribution in [0.15, 0.2) is 11.6 Å². The van der Waals surface area contributed by atoms with Crippen molar-refractivity contribution in [3.8, 4) is 0 Å². The summed E-state index contributed by atoms with van der Waals surface area (Å²) < 4.78 is 6.01. The molecule has 1 aliphatic heterocycles. The lowest BCUT2D eigenvalue weighted by Crippen LogP contribution is -2.51. The molecule has 4 heteroatoms. The number of likely N-dealkylation sites (tertiary alicyclic amines) is 1. The molecule has 0 amide bonds. The highest BCUT2D eigenvalue weighted by Gasteiger charge is 2.61. The van der Waals surface area contributed by atoms with E-state index < -0.39 is 0 Å². The van der Waals surface area contributed by atoms with Gasteiger partial charge in [-0.1, -0.05) is 38.8 Å². The number of Topliss-reactive ketones (excluding diaryl/α,β-unsaturated/α-hetero) is 1. The first kappa shape index (κ1) is 24.5. The molecule has 0 N–H and O–H groups in total. The van der Waals surface area contributed by atoms with E-state index in [0.717, 1.165) is 51.2 Å². The number of hydrogen-bond donors (Lipinski definition) is 0. The largest absolute Gasteiger partial charge is 0.462 e. The highest BCUT2D eigenvalue weighted by atomic mass is 16.5. The van der Waals surface area contributed by atoms with E-state index in [2.05, 4.69) is 31.7 Å². The Labute approximate surface area is 207 Å². The Morgan fingerprint density at radius 1 is 1.09 bits per heavy atom. The van der Waals surface area contributed by atoms with Gasteiger partial charge >= 0.3 is 5.97 Å². The van der Waals surface area contributed by atoms with Crippen molar-refractivity contribution in [2.45, 2.75) is 104 Å². The van der Waals surface area contributed by atoms with Crippen LogP contribution in [0.3, 0.4) is 0 Å². The molecule has 0 spiro atoms. The Balaban J connectivity index is 1.22. The first-order chi connectivity index (χ1) is 16.2. The molecule has 3 saturated carbocycles. The molecular weight excluding hydrogens is 422 g/mol. The minimum Gasteiger partial charge on any atom is -0.462 e. The fraction of sp³-hybridized carbons (Fsp3) is 0.867. The van der Waals surface area contributed by atoms with Crippen LogP contribution in [0.2, 0.25) is 0 Å². The zero-order chi connectivity index (χ0) is 24.1. The topological polar surface area (TPSA) is 46.6 Å². The number of allylic oxidation sites excluding steroid dienone is 1. The number of ether oxygens (including phenoxy) is 1. The Kier molecular flexibility index (Phi) is 6.76. The van der Waals surface area contributed by atoms with Gasteiger partial charge in [0.2, 0.25) is 0 Å². The molecule has 190 valence electrons. The number of carbonyl (C=O) groups is 2. The molecule has 4 nitrogen and oxygen atoms in total. The second-order valence-corrected chi connectivity index (χ2v) is 13.1. The number of hydrogen-bond acceptors (Lipinski definition) is 4. The minimum atomic E-state index is -0.00267. The number of fused-ring (bicyclic) bond motifs is 5. The maximum Gasteiger partial charge on any atom is 0.307 e. The molecule has 0 aromatic heterocycles. The van der Waals surface area contributed by atoms with E-state index >= 15 is 0 Å². The smallest absolute Gasteiger partial charge is 0.307 e. The SMILES string of the molecule is CC(=O)[C@H]1[C@H](C)C[C@H]2[C@@H]3CC=C4C[C@H](OC(=O)CCN5CCCCC5)CC[C@]4(C)[C@H]3CC[C@@]21C. The van der Waals surface area contributed by atoms with Crippen molar-refractivity contribution in [3.05, 3.63) is 11.6 Å². The first-order valence-electron chi connectivity index (χ1n) is 14.3. The summed E-state index contributed by atoms with van der Waals surface area (Å²) in [6.45, 7) is 12.2. The highest BCUT2D eigenvalue weighted by Crippen LogP contribution is 2.67. The molecule has 8 atom stereocenters. The van der Waals surface area contributed by atoms with Crippen molar-refractivity contribution in [2.24, 2.45) is 40.4 Å². The van der Waals surface area contributed by atoms with Crippen LogP contribution >= 0.6 is 0 Å². The fourth-order valence-corrected chi connectivity index (χ4v) is 9.63. The highest BCUT2D eigenvalue weighted by molar-refractivity contribution is 5.80. The molecule has 1 heterocycles. The number of ketones is 1. The number of piperidine rings is 1. The van der Waals surface area contributed by atoms with Crippen LogP contribution in [-0.4, -0.2) is 42.4 Å². The van der Waals surface area contributed by atoms with Gasteiger partial charge in [-0.25, -0.2) is 0 Å². The van der Waals surface area contributed by atoms with Gasteiger partial charge in [0.15, 0.2) is 0 Å². The van der Waals surface area contributed by atoms with Gasteiger partial charge in [0.05, 0.1) is 6.42 Å². The predicted molar refractivity (Wildman–Crippen MR) is 135 cm³/mol. The minimum absolute atomic E-state index is 0.00267. The second-order valence-electron chi connectivity index (χ2n) is 13.1. The van der Waals surface area contributed by atoms with Crippen LogP contribution in [0, 0.1) is 40.4 Å². The maximum atomic E-state index is 12.6. The average molecular weight is 470 g/mol. The molecule has 4 fully saturated rings. The molecule has 0 aromatic rings. The molecule has 34 heavy (non-hydrogen) atoms. The lowest BCUT2D eigenvalue weighted by atomic mass is 9.47. The molecule has 0 bridgehead atoms. The Morgan fingerprint density at radius 3 is 2.59 bits per heavy atom. The summed E-state index contributed by atoms with van der Waals surface area (Å²) in [5.41, 5.74) is 2.00. The summed E-state index contributed by atoms with van der Waals surface area (Å²) in [7, 11) is 0. The third-order valence-corrected chi connectivity index (χ3v) is 11.2. The average Bonchev–Trinajstić information content (AvgIpc) is 3.08. The summed E-state index contributed by atoms with van der Waals surface area (Å²) in [5.74, 6) is 3.28. The van der Waals surface area contributed by atoms with Crippen molar-refractivity contribution < 1.29 is 14.3 Å². The van der Waals surface area contributed by atoms with Gasteiger partial charge < -0.3 is 9.64 Å². The zero-order valence-electron chi connectivity index (χ0n) is 22.1. The normalized spacial score (nSPS) is 44.4. The van der Waals surface area contributed by atoms with E-state index in [1.807, 2.05) is 6.92 Å². The summed E-state index contributed by atoms with van der Waals surface area (Å²) in [4.78, 5) is 27.6. The monoisotopic (exact) mass is 469 g/mol. The molecule has 1 saturated heterocycles. The number of carbonyl (C=O) groups excluding carboxylic acids is 2. The molecule has 5 rings (SSSR count). The van der Waals surface area contributed by atoms with Crippen LogP contribution in [-0.2, 0) is 14.3 Å². The number of esters is 1. The van der Waals surface area contributed by atoms with Crippen LogP contribution in [0.5, 0.6) is 0 Å². The molecular formula is C30H47NO3. The second kappa shape index (κ2) is 9.37. The predicted octanol–water partition coefficient (Wildman–Crippen LogP) is 6.19. The maximum absolute atomic E-state index is 12.6. The Morgan fingerprint density at radius 2 is 1.85 bits per heavy atom. The summed E-state index contributed by atoms with van der Waals surface area (Å²) >= 11 is 0. The van der Waals surface area contributed by atoms with Crippen molar-refractivity contribution in [1.29, 1.82) is 0 Å². The lowest BCUT2D eigenvalue weighted by Gasteiger charge is -2.58. The fourth-order valence-electron chi connectivity index (χ4n) is 9.63. The van der Waals surface area contributed by atoms with Crippen molar-refractivity contribution in [3.63, 3.8) is 0 Å². The Hall–Kier alpha value is -1.16.